The zero-order chi connectivity index (χ0) is 30.2. The minimum Gasteiger partial charge on any atom is -0.488 e. The lowest BCUT2D eigenvalue weighted by Gasteiger charge is -2.32. The van der Waals surface area contributed by atoms with Gasteiger partial charge in [-0.15, -0.1) is 0 Å². The van der Waals surface area contributed by atoms with Crippen molar-refractivity contribution in [2.24, 2.45) is 0 Å². The summed E-state index contributed by atoms with van der Waals surface area (Å²) in [5.74, 6) is 0.0912. The quantitative estimate of drug-likeness (QED) is 0.356. The molecule has 224 valence electrons. The topological polar surface area (TPSA) is 95.3 Å². The fraction of sp³-hybridized carbons (Fsp3) is 0.533. The van der Waals surface area contributed by atoms with Gasteiger partial charge in [0.1, 0.15) is 18.3 Å². The van der Waals surface area contributed by atoms with E-state index in [1.807, 2.05) is 13.0 Å². The van der Waals surface area contributed by atoms with E-state index in [4.69, 9.17) is 14.2 Å². The number of halogens is 3. The molecule has 3 rings (SSSR count). The highest BCUT2D eigenvalue weighted by Gasteiger charge is 2.30. The SMILES string of the molecule is CC(Cc1cc(C#N)c2c(c1)CCN2CCCO)N(CCOc1ccccc1OCC(F)(F)F)C(=O)OC(C)(C)C. The van der Waals surface area contributed by atoms with Gasteiger partial charge < -0.3 is 29.1 Å². The summed E-state index contributed by atoms with van der Waals surface area (Å²) in [6.07, 6.45) is -3.18. The Morgan fingerprint density at radius 3 is 2.46 bits per heavy atom. The van der Waals surface area contributed by atoms with Crippen LogP contribution in [0.5, 0.6) is 11.5 Å². The lowest BCUT2D eigenvalue weighted by Crippen LogP contribution is -2.45. The normalized spacial score (nSPS) is 13.8. The highest BCUT2D eigenvalue weighted by atomic mass is 19.4. The van der Waals surface area contributed by atoms with Crippen molar-refractivity contribution in [2.75, 3.05) is 44.4 Å². The number of fused-ring (bicyclic) bond motifs is 1. The number of carbonyl (C=O) groups is 1. The number of alkyl halides is 3. The summed E-state index contributed by atoms with van der Waals surface area (Å²) in [5, 5.41) is 19.1. The maximum atomic E-state index is 13.2. The van der Waals surface area contributed by atoms with Crippen molar-refractivity contribution in [3.8, 4) is 17.6 Å². The molecule has 1 unspecified atom stereocenters. The standard InChI is InChI=1S/C30H38F3N3O5/c1-21(16-22-17-23-10-12-35(11-7-14-37)27(23)24(18-22)19-34)36(28(38)41-29(2,3)4)13-15-39-25-8-5-6-9-26(25)40-20-30(31,32)33/h5-6,8-9,17-18,21,37H,7,10-16,20H2,1-4H3. The van der Waals surface area contributed by atoms with E-state index >= 15 is 0 Å². The van der Waals surface area contributed by atoms with Crippen LogP contribution < -0.4 is 14.4 Å². The lowest BCUT2D eigenvalue weighted by molar-refractivity contribution is -0.153. The van der Waals surface area contributed by atoms with Crippen LogP contribution in [-0.4, -0.2) is 73.4 Å². The Morgan fingerprint density at radius 2 is 1.85 bits per heavy atom. The van der Waals surface area contributed by atoms with E-state index in [0.29, 0.717) is 24.9 Å². The highest BCUT2D eigenvalue weighted by Crippen LogP contribution is 2.34. The maximum absolute atomic E-state index is 13.2. The Hall–Kier alpha value is -3.65. The fourth-order valence-corrected chi connectivity index (χ4v) is 4.75. The second-order valence-electron chi connectivity index (χ2n) is 11.0. The zero-order valence-electron chi connectivity index (χ0n) is 24.0. The number of nitrogens with zero attached hydrogens (tertiary/aromatic N) is 3. The Kier molecular flexibility index (Phi) is 10.7. The summed E-state index contributed by atoms with van der Waals surface area (Å²) in [6.45, 7) is 7.35. The molecule has 1 N–H and O–H groups in total. The third-order valence-electron chi connectivity index (χ3n) is 6.44. The van der Waals surface area contributed by atoms with Crippen LogP contribution in [0.3, 0.4) is 0 Å². The molecule has 0 aromatic heterocycles. The number of nitriles is 1. The molecule has 0 aliphatic carbocycles. The van der Waals surface area contributed by atoms with E-state index < -0.39 is 24.5 Å². The number of amides is 1. The van der Waals surface area contributed by atoms with E-state index in [1.54, 1.807) is 32.9 Å². The number of carbonyl (C=O) groups excluding carboxylic acids is 1. The van der Waals surface area contributed by atoms with E-state index in [2.05, 4.69) is 17.0 Å². The van der Waals surface area contributed by atoms with Crippen LogP contribution in [0.15, 0.2) is 36.4 Å². The predicted octanol–water partition coefficient (Wildman–Crippen LogP) is 5.49. The summed E-state index contributed by atoms with van der Waals surface area (Å²) in [4.78, 5) is 16.8. The molecular formula is C30H38F3N3O5. The van der Waals surface area contributed by atoms with Crippen molar-refractivity contribution in [1.29, 1.82) is 5.26 Å². The third-order valence-corrected chi connectivity index (χ3v) is 6.44. The molecule has 2 aromatic rings. The second kappa shape index (κ2) is 13.8. The summed E-state index contributed by atoms with van der Waals surface area (Å²) in [5.41, 5.74) is 2.68. The Labute approximate surface area is 239 Å². The van der Waals surface area contributed by atoms with Gasteiger partial charge in [0.15, 0.2) is 18.1 Å². The van der Waals surface area contributed by atoms with Crippen molar-refractivity contribution >= 4 is 11.8 Å². The maximum Gasteiger partial charge on any atom is 0.422 e. The average molecular weight is 578 g/mol. The fourth-order valence-electron chi connectivity index (χ4n) is 4.75. The van der Waals surface area contributed by atoms with Gasteiger partial charge in [0, 0.05) is 25.7 Å². The Balaban J connectivity index is 1.75. The molecule has 0 saturated heterocycles. The highest BCUT2D eigenvalue weighted by molar-refractivity contribution is 5.70. The minimum atomic E-state index is -4.49. The number of para-hydroxylation sites is 2. The zero-order valence-corrected chi connectivity index (χ0v) is 24.0. The number of ether oxygens (including phenoxy) is 3. The smallest absolute Gasteiger partial charge is 0.422 e. The molecule has 1 aliphatic rings. The number of hydrogen-bond acceptors (Lipinski definition) is 7. The van der Waals surface area contributed by atoms with Crippen LogP contribution in [0.2, 0.25) is 0 Å². The number of hydrogen-bond donors (Lipinski definition) is 1. The van der Waals surface area contributed by atoms with Gasteiger partial charge in [-0.05, 0) is 76.3 Å². The largest absolute Gasteiger partial charge is 0.488 e. The van der Waals surface area contributed by atoms with E-state index in [1.165, 1.54) is 17.0 Å². The first-order valence-corrected chi connectivity index (χ1v) is 13.6. The van der Waals surface area contributed by atoms with Gasteiger partial charge in [0.25, 0.3) is 0 Å². The molecular weight excluding hydrogens is 539 g/mol. The molecule has 1 amide bonds. The predicted molar refractivity (Wildman–Crippen MR) is 148 cm³/mol. The summed E-state index contributed by atoms with van der Waals surface area (Å²) in [7, 11) is 0. The number of anilines is 1. The summed E-state index contributed by atoms with van der Waals surface area (Å²) >= 11 is 0. The van der Waals surface area contributed by atoms with Crippen LogP contribution in [0.4, 0.5) is 23.7 Å². The van der Waals surface area contributed by atoms with E-state index in [-0.39, 0.29) is 37.3 Å². The van der Waals surface area contributed by atoms with Gasteiger partial charge in [-0.1, -0.05) is 18.2 Å². The molecule has 11 heteroatoms. The van der Waals surface area contributed by atoms with Crippen molar-refractivity contribution in [1.82, 2.24) is 4.90 Å². The number of aliphatic hydroxyl groups is 1. The molecule has 41 heavy (non-hydrogen) atoms. The molecule has 1 atom stereocenters. The molecule has 0 fully saturated rings. The van der Waals surface area contributed by atoms with Crippen LogP contribution in [-0.2, 0) is 17.6 Å². The van der Waals surface area contributed by atoms with Gasteiger partial charge in [-0.3, -0.25) is 0 Å². The lowest BCUT2D eigenvalue weighted by atomic mass is 9.98. The van der Waals surface area contributed by atoms with Crippen molar-refractivity contribution < 1.29 is 37.3 Å². The van der Waals surface area contributed by atoms with E-state index in [0.717, 1.165) is 29.8 Å². The van der Waals surface area contributed by atoms with Crippen LogP contribution in [0.1, 0.15) is 50.8 Å². The van der Waals surface area contributed by atoms with Crippen molar-refractivity contribution in [3.05, 3.63) is 53.1 Å². The van der Waals surface area contributed by atoms with Crippen molar-refractivity contribution in [2.45, 2.75) is 64.8 Å². The molecule has 0 radical (unpaired) electrons. The van der Waals surface area contributed by atoms with Crippen LogP contribution >= 0.6 is 0 Å². The molecule has 0 bridgehead atoms. The third kappa shape index (κ3) is 9.46. The summed E-state index contributed by atoms with van der Waals surface area (Å²) < 4.78 is 54.2. The van der Waals surface area contributed by atoms with E-state index in [9.17, 15) is 28.3 Å². The first-order valence-electron chi connectivity index (χ1n) is 13.6. The average Bonchev–Trinajstić information content (AvgIpc) is 3.30. The molecule has 0 saturated carbocycles. The molecule has 0 spiro atoms. The van der Waals surface area contributed by atoms with Gasteiger partial charge in [-0.2, -0.15) is 18.4 Å². The van der Waals surface area contributed by atoms with Crippen molar-refractivity contribution in [3.63, 3.8) is 0 Å². The van der Waals surface area contributed by atoms with Gasteiger partial charge >= 0.3 is 12.3 Å². The van der Waals surface area contributed by atoms with Crippen LogP contribution in [0, 0.1) is 11.3 Å². The summed E-state index contributed by atoms with van der Waals surface area (Å²) in [6, 6.07) is 11.9. The first kappa shape index (κ1) is 31.9. The molecule has 1 heterocycles. The molecule has 2 aromatic carbocycles. The molecule has 1 aliphatic heterocycles. The van der Waals surface area contributed by atoms with Gasteiger partial charge in [0.05, 0.1) is 17.8 Å². The molecule has 8 nitrogen and oxygen atoms in total. The Bertz CT molecular complexity index is 1220. The van der Waals surface area contributed by atoms with Gasteiger partial charge in [0.2, 0.25) is 0 Å². The monoisotopic (exact) mass is 577 g/mol. The number of rotatable bonds is 12. The van der Waals surface area contributed by atoms with Gasteiger partial charge in [-0.25, -0.2) is 4.79 Å². The minimum absolute atomic E-state index is 0.0105. The Morgan fingerprint density at radius 1 is 1.17 bits per heavy atom. The van der Waals surface area contributed by atoms with Crippen LogP contribution in [0.25, 0.3) is 0 Å². The second-order valence-corrected chi connectivity index (χ2v) is 11.0. The number of aliphatic hydroxyl groups excluding tert-OH is 1. The first-order chi connectivity index (χ1) is 19.3. The number of benzene rings is 2.